The van der Waals surface area contributed by atoms with Gasteiger partial charge in [0.1, 0.15) is 12.4 Å². The molecule has 0 amide bonds. The van der Waals surface area contributed by atoms with Crippen molar-refractivity contribution in [2.24, 2.45) is 0 Å². The minimum absolute atomic E-state index is 0.00253. The molecule has 14 heteroatoms. The lowest BCUT2D eigenvalue weighted by Crippen LogP contribution is -2.11. The number of carbonyl (C=O) groups is 7. The van der Waals surface area contributed by atoms with E-state index >= 15 is 0 Å². The van der Waals surface area contributed by atoms with E-state index in [1.807, 2.05) is 0 Å². The van der Waals surface area contributed by atoms with Crippen molar-refractivity contribution < 1.29 is 67.5 Å². The van der Waals surface area contributed by atoms with E-state index in [2.05, 4.69) is 0 Å². The molecule has 0 aliphatic rings. The molecule has 0 aliphatic heterocycles. The van der Waals surface area contributed by atoms with E-state index in [0.29, 0.717) is 29.7 Å². The van der Waals surface area contributed by atoms with Gasteiger partial charge in [0.05, 0.1) is 60.9 Å². The second-order valence-electron chi connectivity index (χ2n) is 12.1. The van der Waals surface area contributed by atoms with Gasteiger partial charge in [0.25, 0.3) is 0 Å². The summed E-state index contributed by atoms with van der Waals surface area (Å²) in [4.78, 5) is 84.7. The van der Waals surface area contributed by atoms with Crippen molar-refractivity contribution in [1.82, 2.24) is 0 Å². The molecule has 0 spiro atoms. The first kappa shape index (κ1) is 42.1. The van der Waals surface area contributed by atoms with Crippen LogP contribution in [0.4, 0.5) is 0 Å². The van der Waals surface area contributed by atoms with E-state index in [-0.39, 0.29) is 98.3 Å². The Morgan fingerprint density at radius 3 is 1.09 bits per heavy atom. The molecule has 4 aromatic carbocycles. The predicted octanol–water partition coefficient (Wildman–Crippen LogP) is 5.80. The van der Waals surface area contributed by atoms with Gasteiger partial charge in [-0.3, -0.25) is 9.59 Å². The minimum Gasteiger partial charge on any atom is -0.493 e. The average Bonchev–Trinajstić information content (AvgIpc) is 3.22. The molecule has 0 unspecified atom stereocenters. The van der Waals surface area contributed by atoms with Crippen molar-refractivity contribution in [1.29, 1.82) is 0 Å². The van der Waals surface area contributed by atoms with E-state index in [4.69, 9.17) is 33.9 Å². The highest BCUT2D eigenvalue weighted by molar-refractivity contribution is 5.98. The van der Waals surface area contributed by atoms with Gasteiger partial charge < -0.3 is 33.9 Å². The van der Waals surface area contributed by atoms with Crippen LogP contribution in [0.2, 0.25) is 0 Å². The SMILES string of the molecule is O=C(O)c1ccc(C(=O)CCCOC(=O)c2ccc(C(=O)OCCCOc3ccc(C(=O)CCCOC(=O)c4ccc(C(=O)OCCO)cc4)cc3)cc2)cc1. The Bertz CT molecular complexity index is 1970. The summed E-state index contributed by atoms with van der Waals surface area (Å²) in [6.45, 7) is -0.0556. The molecule has 14 nitrogen and oxygen atoms in total. The largest absolute Gasteiger partial charge is 0.493 e. The Labute approximate surface area is 321 Å². The topological polar surface area (TPSA) is 206 Å². The molecule has 0 atom stereocenters. The molecule has 2 N–H and O–H groups in total. The van der Waals surface area contributed by atoms with Crippen molar-refractivity contribution in [3.8, 4) is 5.75 Å². The maximum absolute atomic E-state index is 12.6. The maximum atomic E-state index is 12.6. The fourth-order valence-electron chi connectivity index (χ4n) is 4.99. The van der Waals surface area contributed by atoms with E-state index in [9.17, 15) is 33.6 Å². The molecule has 0 radical (unpaired) electrons. The second-order valence-corrected chi connectivity index (χ2v) is 12.1. The summed E-state index contributed by atoms with van der Waals surface area (Å²) >= 11 is 0. The number of esters is 4. The third-order valence-corrected chi connectivity index (χ3v) is 8.02. The van der Waals surface area contributed by atoms with E-state index in [1.165, 1.54) is 72.8 Å². The summed E-state index contributed by atoms with van der Waals surface area (Å²) in [5, 5.41) is 17.7. The van der Waals surface area contributed by atoms with Crippen LogP contribution in [0.5, 0.6) is 5.75 Å². The highest BCUT2D eigenvalue weighted by atomic mass is 16.5. The predicted molar refractivity (Wildman–Crippen MR) is 198 cm³/mol. The van der Waals surface area contributed by atoms with Gasteiger partial charge in [-0.15, -0.1) is 0 Å². The maximum Gasteiger partial charge on any atom is 0.338 e. The number of carboxylic acids is 1. The summed E-state index contributed by atoms with van der Waals surface area (Å²) in [6, 6.07) is 23.6. The zero-order valence-corrected chi connectivity index (χ0v) is 30.3. The summed E-state index contributed by atoms with van der Waals surface area (Å²) in [5.74, 6) is -3.29. The molecule has 4 rings (SSSR count). The van der Waals surface area contributed by atoms with Gasteiger partial charge in [0.15, 0.2) is 11.6 Å². The monoisotopic (exact) mass is 768 g/mol. The second kappa shape index (κ2) is 21.9. The van der Waals surface area contributed by atoms with Gasteiger partial charge >= 0.3 is 29.8 Å². The lowest BCUT2D eigenvalue weighted by atomic mass is 10.0. The van der Waals surface area contributed by atoms with Crippen LogP contribution in [0.3, 0.4) is 0 Å². The number of hydrogen-bond acceptors (Lipinski definition) is 13. The fourth-order valence-corrected chi connectivity index (χ4v) is 4.99. The summed E-state index contributed by atoms with van der Waals surface area (Å²) in [6.07, 6.45) is 1.26. The van der Waals surface area contributed by atoms with Crippen LogP contribution in [0, 0.1) is 0 Å². The standard InChI is InChI=1S/C42H40O14/c43-22-27-56-42(51)34-16-14-32(15-17-34)40(49)54-24-2-5-37(45)29-18-20-35(21-19-29)52-25-3-26-55-41(50)33-12-10-31(11-13-33)39(48)53-23-1-4-36(44)28-6-8-30(9-7-28)38(46)47/h6-21,43H,1-5,22-27H2,(H,46,47). The van der Waals surface area contributed by atoms with Crippen LogP contribution in [-0.2, 0) is 18.9 Å². The molecule has 0 aliphatic carbocycles. The molecule has 4 aromatic rings. The Morgan fingerprint density at radius 1 is 0.393 bits per heavy atom. The third-order valence-electron chi connectivity index (χ3n) is 8.02. The molecule has 0 saturated carbocycles. The lowest BCUT2D eigenvalue weighted by molar-refractivity contribution is 0.0430. The van der Waals surface area contributed by atoms with Crippen LogP contribution in [0.25, 0.3) is 0 Å². The summed E-state index contributed by atoms with van der Waals surface area (Å²) in [5.41, 5.74) is 1.86. The number of aromatic carboxylic acids is 1. The quantitative estimate of drug-likeness (QED) is 0.0420. The van der Waals surface area contributed by atoms with Crippen LogP contribution < -0.4 is 4.74 Å². The molecule has 0 saturated heterocycles. The molecule has 0 fully saturated rings. The van der Waals surface area contributed by atoms with Crippen molar-refractivity contribution in [2.75, 3.05) is 39.6 Å². The number of aliphatic hydroxyl groups excluding tert-OH is 1. The van der Waals surface area contributed by atoms with Crippen LogP contribution in [0.15, 0.2) is 97.1 Å². The number of aliphatic hydroxyl groups is 1. The molecule has 0 bridgehead atoms. The van der Waals surface area contributed by atoms with Gasteiger partial charge in [0.2, 0.25) is 0 Å². The number of carboxylic acid groups (broad SMARTS) is 1. The van der Waals surface area contributed by atoms with Crippen molar-refractivity contribution >= 4 is 41.4 Å². The first-order valence-corrected chi connectivity index (χ1v) is 17.7. The first-order valence-electron chi connectivity index (χ1n) is 17.7. The van der Waals surface area contributed by atoms with Crippen LogP contribution in [0.1, 0.15) is 105 Å². The number of ether oxygens (including phenoxy) is 5. The summed E-state index contributed by atoms with van der Waals surface area (Å²) < 4.78 is 26.2. The van der Waals surface area contributed by atoms with Gasteiger partial charge in [-0.2, -0.15) is 0 Å². The lowest BCUT2D eigenvalue weighted by Gasteiger charge is -2.09. The molecule has 0 aromatic heterocycles. The van der Waals surface area contributed by atoms with Gasteiger partial charge in [-0.05, 0) is 97.8 Å². The smallest absolute Gasteiger partial charge is 0.338 e. The highest BCUT2D eigenvalue weighted by Gasteiger charge is 2.14. The van der Waals surface area contributed by atoms with Crippen LogP contribution in [-0.4, -0.2) is 91.3 Å². The van der Waals surface area contributed by atoms with Crippen LogP contribution >= 0.6 is 0 Å². The number of ketones is 2. The van der Waals surface area contributed by atoms with Crippen molar-refractivity contribution in [3.63, 3.8) is 0 Å². The number of rotatable bonds is 22. The molecular formula is C42H40O14. The van der Waals surface area contributed by atoms with E-state index < -0.39 is 29.8 Å². The van der Waals surface area contributed by atoms with Crippen molar-refractivity contribution in [3.05, 3.63) is 136 Å². The highest BCUT2D eigenvalue weighted by Crippen LogP contribution is 2.16. The normalized spacial score (nSPS) is 10.5. The number of hydrogen-bond donors (Lipinski definition) is 2. The van der Waals surface area contributed by atoms with Gasteiger partial charge in [-0.1, -0.05) is 12.1 Å². The summed E-state index contributed by atoms with van der Waals surface area (Å²) in [7, 11) is 0. The number of benzene rings is 4. The molecular weight excluding hydrogens is 728 g/mol. The minimum atomic E-state index is -1.08. The molecule has 292 valence electrons. The number of Topliss-reactive ketones (excluding diaryl/α,β-unsaturated/α-hetero) is 2. The zero-order chi connectivity index (χ0) is 40.3. The Morgan fingerprint density at radius 2 is 0.714 bits per heavy atom. The third kappa shape index (κ3) is 13.3. The van der Waals surface area contributed by atoms with E-state index in [1.54, 1.807) is 24.3 Å². The Kier molecular flexibility index (Phi) is 16.4. The number of carbonyl (C=O) groups excluding carboxylic acids is 6. The Balaban J connectivity index is 1.06. The average molecular weight is 769 g/mol. The van der Waals surface area contributed by atoms with E-state index in [0.717, 1.165) is 0 Å². The molecule has 0 heterocycles. The Hall–Kier alpha value is -6.67. The first-order chi connectivity index (χ1) is 27.0. The van der Waals surface area contributed by atoms with Gasteiger partial charge in [-0.25, -0.2) is 24.0 Å². The zero-order valence-electron chi connectivity index (χ0n) is 30.3. The van der Waals surface area contributed by atoms with Crippen molar-refractivity contribution in [2.45, 2.75) is 32.1 Å². The fraction of sp³-hybridized carbons (Fsp3) is 0.262. The molecule has 56 heavy (non-hydrogen) atoms. The van der Waals surface area contributed by atoms with Gasteiger partial charge in [0, 0.05) is 30.4 Å².